The van der Waals surface area contributed by atoms with E-state index < -0.39 is 0 Å². The summed E-state index contributed by atoms with van der Waals surface area (Å²) >= 11 is 7.66. The predicted molar refractivity (Wildman–Crippen MR) is 105 cm³/mol. The second-order valence-electron chi connectivity index (χ2n) is 5.99. The quantitative estimate of drug-likeness (QED) is 0.833. The fourth-order valence-electron chi connectivity index (χ4n) is 3.20. The summed E-state index contributed by atoms with van der Waals surface area (Å²) in [4.78, 5) is 16.8. The second kappa shape index (κ2) is 8.34. The minimum atomic E-state index is 0. The summed E-state index contributed by atoms with van der Waals surface area (Å²) in [6.07, 6.45) is 2.17. The number of carbonyl (C=O) groups is 1. The summed E-state index contributed by atoms with van der Waals surface area (Å²) in [7, 11) is 1.94. The van der Waals surface area contributed by atoms with Gasteiger partial charge in [-0.3, -0.25) is 4.79 Å². The Balaban J connectivity index is 0.00000208. The molecule has 1 aliphatic rings. The molecular formula is C18H22Cl2N2OS. The highest BCUT2D eigenvalue weighted by Crippen LogP contribution is 2.35. The molecule has 1 aromatic carbocycles. The van der Waals surface area contributed by atoms with Crippen LogP contribution in [0.1, 0.15) is 28.1 Å². The maximum Gasteiger partial charge on any atom is 0.264 e. The van der Waals surface area contributed by atoms with Crippen LogP contribution in [0.2, 0.25) is 5.02 Å². The van der Waals surface area contributed by atoms with E-state index in [2.05, 4.69) is 12.2 Å². The average molecular weight is 385 g/mol. The lowest BCUT2D eigenvalue weighted by atomic mass is 10.1. The fraction of sp³-hybridized carbons (Fsp3) is 0.389. The van der Waals surface area contributed by atoms with Crippen molar-refractivity contribution < 1.29 is 4.79 Å². The molecule has 3 nitrogen and oxygen atoms in total. The van der Waals surface area contributed by atoms with Crippen LogP contribution < -0.4 is 5.32 Å². The molecule has 0 spiro atoms. The Morgan fingerprint density at radius 1 is 1.42 bits per heavy atom. The van der Waals surface area contributed by atoms with Gasteiger partial charge >= 0.3 is 0 Å². The van der Waals surface area contributed by atoms with E-state index in [9.17, 15) is 4.79 Å². The van der Waals surface area contributed by atoms with Crippen molar-refractivity contribution in [3.8, 4) is 10.4 Å². The zero-order chi connectivity index (χ0) is 16.4. The molecule has 1 atom stereocenters. The molecule has 1 aromatic heterocycles. The van der Waals surface area contributed by atoms with Crippen LogP contribution in [0.3, 0.4) is 0 Å². The molecule has 0 saturated carbocycles. The number of nitrogens with one attached hydrogen (secondary N) is 1. The first-order valence-corrected chi connectivity index (χ1v) is 9.11. The molecule has 6 heteroatoms. The van der Waals surface area contributed by atoms with E-state index in [-0.39, 0.29) is 18.3 Å². The van der Waals surface area contributed by atoms with Gasteiger partial charge in [-0.05, 0) is 56.1 Å². The van der Waals surface area contributed by atoms with E-state index in [0.29, 0.717) is 6.04 Å². The molecule has 2 heterocycles. The van der Waals surface area contributed by atoms with Crippen LogP contribution in [-0.2, 0) is 0 Å². The van der Waals surface area contributed by atoms with Crippen molar-refractivity contribution in [3.63, 3.8) is 0 Å². The third-order valence-corrected chi connectivity index (χ3v) is 5.80. The third-order valence-electron chi connectivity index (χ3n) is 4.29. The van der Waals surface area contributed by atoms with Gasteiger partial charge in [0.25, 0.3) is 5.91 Å². The Morgan fingerprint density at radius 2 is 2.21 bits per heavy atom. The van der Waals surface area contributed by atoms with Gasteiger partial charge in [0.05, 0.1) is 4.88 Å². The normalized spacial score (nSPS) is 17.0. The first-order valence-electron chi connectivity index (χ1n) is 7.92. The predicted octanol–water partition coefficient (Wildman–Crippen LogP) is 4.62. The number of likely N-dealkylation sites (tertiary alicyclic amines) is 1. The van der Waals surface area contributed by atoms with Gasteiger partial charge in [0.15, 0.2) is 0 Å². The summed E-state index contributed by atoms with van der Waals surface area (Å²) in [5.74, 6) is 0.157. The van der Waals surface area contributed by atoms with Crippen molar-refractivity contribution in [3.05, 3.63) is 45.8 Å². The number of benzene rings is 1. The Labute approximate surface area is 158 Å². The molecule has 130 valence electrons. The summed E-state index contributed by atoms with van der Waals surface area (Å²) in [5, 5.41) is 3.91. The molecule has 0 aliphatic carbocycles. The molecular weight excluding hydrogens is 363 g/mol. The summed E-state index contributed by atoms with van der Waals surface area (Å²) in [5.41, 5.74) is 2.21. The van der Waals surface area contributed by atoms with Crippen molar-refractivity contribution in [1.82, 2.24) is 10.2 Å². The van der Waals surface area contributed by atoms with Crippen LogP contribution >= 0.6 is 35.3 Å². The van der Waals surface area contributed by atoms with E-state index >= 15 is 0 Å². The lowest BCUT2D eigenvalue weighted by Gasteiger charge is -2.23. The highest BCUT2D eigenvalue weighted by molar-refractivity contribution is 7.17. The van der Waals surface area contributed by atoms with Gasteiger partial charge < -0.3 is 10.2 Å². The van der Waals surface area contributed by atoms with Gasteiger partial charge in [-0.1, -0.05) is 23.7 Å². The summed E-state index contributed by atoms with van der Waals surface area (Å²) < 4.78 is 0. The van der Waals surface area contributed by atoms with Crippen LogP contribution in [0, 0.1) is 6.92 Å². The average Bonchev–Trinajstić information content (AvgIpc) is 3.14. The van der Waals surface area contributed by atoms with E-state index in [4.69, 9.17) is 11.6 Å². The van der Waals surface area contributed by atoms with Crippen molar-refractivity contribution in [2.45, 2.75) is 25.8 Å². The summed E-state index contributed by atoms with van der Waals surface area (Å²) in [6, 6.07) is 10.1. The number of likely N-dealkylation sites (N-methyl/N-ethyl adjacent to an activating group) is 1. The molecule has 3 rings (SSSR count). The number of thiophene rings is 1. The lowest BCUT2D eigenvalue weighted by molar-refractivity contribution is 0.0742. The van der Waals surface area contributed by atoms with Crippen LogP contribution in [0.5, 0.6) is 0 Å². The summed E-state index contributed by atoms with van der Waals surface area (Å²) in [6.45, 7) is 3.77. The van der Waals surface area contributed by atoms with Gasteiger partial charge in [-0.15, -0.1) is 23.7 Å². The van der Waals surface area contributed by atoms with Gasteiger partial charge in [0, 0.05) is 29.0 Å². The molecule has 1 saturated heterocycles. The molecule has 24 heavy (non-hydrogen) atoms. The van der Waals surface area contributed by atoms with Crippen LogP contribution in [0.4, 0.5) is 0 Å². The monoisotopic (exact) mass is 384 g/mol. The van der Waals surface area contributed by atoms with Crippen LogP contribution in [-0.4, -0.2) is 37.0 Å². The number of aryl methyl sites for hydroxylation is 1. The number of hydrogen-bond donors (Lipinski definition) is 1. The largest absolute Gasteiger partial charge is 0.334 e. The zero-order valence-electron chi connectivity index (χ0n) is 13.8. The molecule has 2 aromatic rings. The first kappa shape index (κ1) is 19.3. The molecule has 1 fully saturated rings. The Bertz CT molecular complexity index is 717. The Hall–Kier alpha value is -1.07. The Kier molecular flexibility index (Phi) is 6.70. The number of carbonyl (C=O) groups excluding carboxylic acids is 1. The molecule has 1 aliphatic heterocycles. The molecule has 1 unspecified atom stereocenters. The van der Waals surface area contributed by atoms with Crippen molar-refractivity contribution >= 4 is 41.3 Å². The van der Waals surface area contributed by atoms with E-state index in [1.807, 2.05) is 42.3 Å². The maximum atomic E-state index is 12.9. The van der Waals surface area contributed by atoms with Crippen molar-refractivity contribution in [2.24, 2.45) is 0 Å². The minimum Gasteiger partial charge on any atom is -0.334 e. The molecule has 0 bridgehead atoms. The van der Waals surface area contributed by atoms with Gasteiger partial charge in [0.1, 0.15) is 0 Å². The topological polar surface area (TPSA) is 32.3 Å². The zero-order valence-corrected chi connectivity index (χ0v) is 16.2. The smallest absolute Gasteiger partial charge is 0.264 e. The minimum absolute atomic E-state index is 0. The fourth-order valence-corrected chi connectivity index (χ4v) is 4.51. The number of hydrogen-bond acceptors (Lipinski definition) is 3. The van der Waals surface area contributed by atoms with E-state index in [1.54, 1.807) is 11.3 Å². The highest BCUT2D eigenvalue weighted by atomic mass is 35.5. The molecule has 1 amide bonds. The second-order valence-corrected chi connectivity index (χ2v) is 7.47. The third kappa shape index (κ3) is 3.94. The standard InChI is InChI=1S/C18H21ClN2OS.ClH/c1-12-9-16(18(22)21-8-4-7-15(21)11-20-2)23-17(12)13-5-3-6-14(19)10-13;/h3,5-6,9-10,15,20H,4,7-8,11H2,1-2H3;1H. The number of rotatable bonds is 4. The SMILES string of the molecule is CNCC1CCCN1C(=O)c1cc(C)c(-c2cccc(Cl)c2)s1.Cl. The number of nitrogens with zero attached hydrogens (tertiary/aromatic N) is 1. The Morgan fingerprint density at radius 3 is 2.92 bits per heavy atom. The van der Waals surface area contributed by atoms with Crippen molar-refractivity contribution in [2.75, 3.05) is 20.1 Å². The van der Waals surface area contributed by atoms with Crippen LogP contribution in [0.15, 0.2) is 30.3 Å². The van der Waals surface area contributed by atoms with Crippen molar-refractivity contribution in [1.29, 1.82) is 0 Å². The molecule has 0 radical (unpaired) electrons. The van der Waals surface area contributed by atoms with E-state index in [0.717, 1.165) is 51.8 Å². The van der Waals surface area contributed by atoms with Gasteiger partial charge in [-0.25, -0.2) is 0 Å². The number of halogens is 2. The molecule has 1 N–H and O–H groups in total. The highest BCUT2D eigenvalue weighted by Gasteiger charge is 2.30. The van der Waals surface area contributed by atoms with Gasteiger partial charge in [0.2, 0.25) is 0 Å². The first-order chi connectivity index (χ1) is 11.1. The van der Waals surface area contributed by atoms with Crippen LogP contribution in [0.25, 0.3) is 10.4 Å². The van der Waals surface area contributed by atoms with Gasteiger partial charge in [-0.2, -0.15) is 0 Å². The number of amides is 1. The maximum absolute atomic E-state index is 12.9. The lowest BCUT2D eigenvalue weighted by Crippen LogP contribution is -2.40. The van der Waals surface area contributed by atoms with E-state index in [1.165, 1.54) is 0 Å².